The molecule has 0 unspecified atom stereocenters. The van der Waals surface area contributed by atoms with Crippen LogP contribution in [0.25, 0.3) is 0 Å². The molecule has 0 spiro atoms. The van der Waals surface area contributed by atoms with Gasteiger partial charge in [-0.05, 0) is 31.0 Å². The van der Waals surface area contributed by atoms with Crippen LogP contribution in [0.15, 0.2) is 12.1 Å². The van der Waals surface area contributed by atoms with Gasteiger partial charge in [0.2, 0.25) is 0 Å². The van der Waals surface area contributed by atoms with Crippen LogP contribution in [0, 0.1) is 6.92 Å². The number of rotatable bonds is 8. The Morgan fingerprint density at radius 3 is 2.79 bits per heavy atom. The summed E-state index contributed by atoms with van der Waals surface area (Å²) in [6.45, 7) is 5.92. The number of aryl methyl sites for hydroxylation is 1. The van der Waals surface area contributed by atoms with E-state index in [4.69, 9.17) is 15.6 Å². The van der Waals surface area contributed by atoms with E-state index in [1.54, 1.807) is 13.0 Å². The smallest absolute Gasteiger partial charge is 0.337 e. The first-order chi connectivity index (χ1) is 9.06. The summed E-state index contributed by atoms with van der Waals surface area (Å²) in [7, 11) is 0. The van der Waals surface area contributed by atoms with Crippen LogP contribution in [-0.4, -0.2) is 30.8 Å². The molecule has 0 bridgehead atoms. The fourth-order valence-electron chi connectivity index (χ4n) is 1.69. The molecule has 1 aromatic rings. The first-order valence-electron chi connectivity index (χ1n) is 6.51. The van der Waals surface area contributed by atoms with Gasteiger partial charge in [-0.2, -0.15) is 0 Å². The number of hydrogen-bond donors (Lipinski definition) is 3. The molecule has 5 heteroatoms. The molecular formula is C14H22N2O3. The molecule has 0 amide bonds. The van der Waals surface area contributed by atoms with Gasteiger partial charge >= 0.3 is 5.97 Å². The second-order valence-electron chi connectivity index (χ2n) is 4.45. The number of nitrogen functional groups attached to an aromatic ring is 1. The normalized spacial score (nSPS) is 10.4. The third kappa shape index (κ3) is 4.79. The molecule has 0 heterocycles. The molecular weight excluding hydrogens is 244 g/mol. The van der Waals surface area contributed by atoms with Crippen molar-refractivity contribution in [2.75, 3.05) is 30.8 Å². The van der Waals surface area contributed by atoms with E-state index in [0.29, 0.717) is 18.8 Å². The van der Waals surface area contributed by atoms with Crippen LogP contribution in [0.4, 0.5) is 11.4 Å². The zero-order chi connectivity index (χ0) is 14.3. The van der Waals surface area contributed by atoms with E-state index in [1.807, 2.05) is 6.07 Å². The van der Waals surface area contributed by atoms with E-state index >= 15 is 0 Å². The Kier molecular flexibility index (Phi) is 6.15. The van der Waals surface area contributed by atoms with Gasteiger partial charge in [0, 0.05) is 24.5 Å². The number of nitrogens with one attached hydrogen (secondary N) is 1. The van der Waals surface area contributed by atoms with Gasteiger partial charge in [-0.3, -0.25) is 0 Å². The molecule has 4 N–H and O–H groups in total. The number of carboxylic acid groups (broad SMARTS) is 1. The van der Waals surface area contributed by atoms with Crippen molar-refractivity contribution >= 4 is 17.3 Å². The summed E-state index contributed by atoms with van der Waals surface area (Å²) in [4.78, 5) is 11.0. The number of carboxylic acids is 1. The SMILES string of the molecule is CCCCOCCNc1cc(C)c(N)c(C(=O)O)c1. The average Bonchev–Trinajstić information content (AvgIpc) is 2.37. The molecule has 0 atom stereocenters. The Bertz CT molecular complexity index is 433. The molecule has 0 saturated heterocycles. The lowest BCUT2D eigenvalue weighted by Crippen LogP contribution is -2.12. The van der Waals surface area contributed by atoms with E-state index in [2.05, 4.69) is 12.2 Å². The van der Waals surface area contributed by atoms with Gasteiger partial charge in [0.05, 0.1) is 12.2 Å². The van der Waals surface area contributed by atoms with Crippen molar-refractivity contribution in [3.05, 3.63) is 23.3 Å². The van der Waals surface area contributed by atoms with Crippen LogP contribution in [0.5, 0.6) is 0 Å². The molecule has 106 valence electrons. The standard InChI is InChI=1S/C14H22N2O3/c1-3-4-6-19-7-5-16-11-8-10(2)13(15)12(9-11)14(17)18/h8-9,16H,3-7,15H2,1-2H3,(H,17,18). The Hall–Kier alpha value is -1.75. The summed E-state index contributed by atoms with van der Waals surface area (Å²) < 4.78 is 5.42. The number of nitrogens with two attached hydrogens (primary N) is 1. The van der Waals surface area contributed by atoms with Crippen LogP contribution >= 0.6 is 0 Å². The summed E-state index contributed by atoms with van der Waals surface area (Å²) in [6.07, 6.45) is 2.18. The number of hydrogen-bond acceptors (Lipinski definition) is 4. The third-order valence-electron chi connectivity index (χ3n) is 2.84. The topological polar surface area (TPSA) is 84.6 Å². The van der Waals surface area contributed by atoms with Gasteiger partial charge < -0.3 is 20.9 Å². The highest BCUT2D eigenvalue weighted by Crippen LogP contribution is 2.22. The van der Waals surface area contributed by atoms with Crippen molar-refractivity contribution in [2.24, 2.45) is 0 Å². The number of aromatic carboxylic acids is 1. The highest BCUT2D eigenvalue weighted by molar-refractivity contribution is 5.95. The fraction of sp³-hybridized carbons (Fsp3) is 0.500. The Labute approximate surface area is 113 Å². The largest absolute Gasteiger partial charge is 0.478 e. The zero-order valence-electron chi connectivity index (χ0n) is 11.5. The van der Waals surface area contributed by atoms with Crippen LogP contribution in [0.1, 0.15) is 35.7 Å². The summed E-state index contributed by atoms with van der Waals surface area (Å²) in [5.41, 5.74) is 7.69. The van der Waals surface area contributed by atoms with E-state index in [9.17, 15) is 4.79 Å². The quantitative estimate of drug-likeness (QED) is 0.497. The first kappa shape index (κ1) is 15.3. The van der Waals surface area contributed by atoms with E-state index in [0.717, 1.165) is 30.7 Å². The Morgan fingerprint density at radius 2 is 2.16 bits per heavy atom. The first-order valence-corrected chi connectivity index (χ1v) is 6.51. The van der Waals surface area contributed by atoms with Gasteiger partial charge in [0.1, 0.15) is 0 Å². The maximum absolute atomic E-state index is 11.0. The van der Waals surface area contributed by atoms with Crippen LogP contribution < -0.4 is 11.1 Å². The molecule has 0 aromatic heterocycles. The van der Waals surface area contributed by atoms with Gasteiger partial charge in [-0.25, -0.2) is 4.79 Å². The molecule has 0 radical (unpaired) electrons. The summed E-state index contributed by atoms with van der Waals surface area (Å²) in [6, 6.07) is 3.39. The van der Waals surface area contributed by atoms with Gasteiger partial charge in [-0.15, -0.1) is 0 Å². The second kappa shape index (κ2) is 7.63. The molecule has 0 saturated carbocycles. The predicted molar refractivity (Wildman–Crippen MR) is 76.8 cm³/mol. The van der Waals surface area contributed by atoms with Gasteiger partial charge in [0.15, 0.2) is 0 Å². The van der Waals surface area contributed by atoms with Crippen molar-refractivity contribution in [2.45, 2.75) is 26.7 Å². The van der Waals surface area contributed by atoms with E-state index < -0.39 is 5.97 Å². The predicted octanol–water partition coefficient (Wildman–Crippen LogP) is 2.50. The molecule has 19 heavy (non-hydrogen) atoms. The van der Waals surface area contributed by atoms with Crippen LogP contribution in [-0.2, 0) is 4.74 Å². The van der Waals surface area contributed by atoms with Crippen LogP contribution in [0.3, 0.4) is 0 Å². The Morgan fingerprint density at radius 1 is 1.42 bits per heavy atom. The highest BCUT2D eigenvalue weighted by Gasteiger charge is 2.11. The van der Waals surface area contributed by atoms with Crippen molar-refractivity contribution < 1.29 is 14.6 Å². The minimum atomic E-state index is -1.01. The monoisotopic (exact) mass is 266 g/mol. The van der Waals surface area contributed by atoms with Gasteiger partial charge in [-0.1, -0.05) is 13.3 Å². The maximum atomic E-state index is 11.0. The van der Waals surface area contributed by atoms with Crippen molar-refractivity contribution in [1.29, 1.82) is 0 Å². The van der Waals surface area contributed by atoms with Gasteiger partial charge in [0.25, 0.3) is 0 Å². The minimum Gasteiger partial charge on any atom is -0.478 e. The summed E-state index contributed by atoms with van der Waals surface area (Å²) in [5.74, 6) is -1.01. The molecule has 0 aliphatic heterocycles. The second-order valence-corrected chi connectivity index (χ2v) is 4.45. The number of benzene rings is 1. The van der Waals surface area contributed by atoms with Crippen molar-refractivity contribution in [3.63, 3.8) is 0 Å². The third-order valence-corrected chi connectivity index (χ3v) is 2.84. The number of unbranched alkanes of at least 4 members (excludes halogenated alkanes) is 1. The average molecular weight is 266 g/mol. The minimum absolute atomic E-state index is 0.134. The number of carbonyl (C=O) groups is 1. The Balaban J connectivity index is 2.52. The fourth-order valence-corrected chi connectivity index (χ4v) is 1.69. The summed E-state index contributed by atoms with van der Waals surface area (Å²) in [5, 5.41) is 12.2. The van der Waals surface area contributed by atoms with Crippen LogP contribution in [0.2, 0.25) is 0 Å². The molecule has 1 aromatic carbocycles. The molecule has 1 rings (SSSR count). The molecule has 0 aliphatic carbocycles. The maximum Gasteiger partial charge on any atom is 0.337 e. The van der Waals surface area contributed by atoms with E-state index in [-0.39, 0.29) is 5.56 Å². The number of ether oxygens (including phenoxy) is 1. The number of anilines is 2. The highest BCUT2D eigenvalue weighted by atomic mass is 16.5. The lowest BCUT2D eigenvalue weighted by molar-refractivity contribution is 0.0698. The molecule has 0 fully saturated rings. The lowest BCUT2D eigenvalue weighted by atomic mass is 10.1. The lowest BCUT2D eigenvalue weighted by Gasteiger charge is -2.11. The van der Waals surface area contributed by atoms with Crippen molar-refractivity contribution in [1.82, 2.24) is 0 Å². The molecule has 0 aliphatic rings. The zero-order valence-corrected chi connectivity index (χ0v) is 11.5. The van der Waals surface area contributed by atoms with E-state index in [1.165, 1.54) is 0 Å². The molecule has 5 nitrogen and oxygen atoms in total. The summed E-state index contributed by atoms with van der Waals surface area (Å²) >= 11 is 0. The van der Waals surface area contributed by atoms with Crippen molar-refractivity contribution in [3.8, 4) is 0 Å².